The summed E-state index contributed by atoms with van der Waals surface area (Å²) in [6.07, 6.45) is 0.147. The van der Waals surface area contributed by atoms with E-state index in [-0.39, 0.29) is 31.6 Å². The van der Waals surface area contributed by atoms with E-state index in [1.165, 1.54) is 0 Å². The van der Waals surface area contributed by atoms with Crippen molar-refractivity contribution in [2.75, 3.05) is 25.3 Å². The van der Waals surface area contributed by atoms with Crippen LogP contribution in [0.2, 0.25) is 0 Å². The predicted octanol–water partition coefficient (Wildman–Crippen LogP) is 1.88. The zero-order chi connectivity index (χ0) is 22.1. The van der Waals surface area contributed by atoms with Crippen LogP contribution in [0.25, 0.3) is 11.4 Å². The maximum absolute atomic E-state index is 12.7. The number of ether oxygens (including phenoxy) is 3. The second-order valence-corrected chi connectivity index (χ2v) is 7.49. The fourth-order valence-electron chi connectivity index (χ4n) is 3.74. The van der Waals surface area contributed by atoms with Gasteiger partial charge in [-0.15, -0.1) is 0 Å². The molecule has 3 heterocycles. The molecule has 2 N–H and O–H groups in total. The molecule has 1 aromatic heterocycles. The fraction of sp³-hybridized carbons (Fsp3) is 0.273. The highest BCUT2D eigenvalue weighted by Gasteiger charge is 2.35. The first kappa shape index (κ1) is 19.9. The van der Waals surface area contributed by atoms with Crippen molar-refractivity contribution in [3.63, 3.8) is 0 Å². The zero-order valence-electron chi connectivity index (χ0n) is 17.3. The molecule has 1 saturated heterocycles. The van der Waals surface area contributed by atoms with Crippen molar-refractivity contribution in [2.45, 2.75) is 13.0 Å². The van der Waals surface area contributed by atoms with Gasteiger partial charge >= 0.3 is 0 Å². The van der Waals surface area contributed by atoms with Crippen molar-refractivity contribution in [1.82, 2.24) is 20.5 Å². The number of H-pyrrole nitrogens is 1. The number of nitrogens with zero attached hydrogens (tertiary/aromatic N) is 3. The number of methoxy groups -OCH3 is 1. The van der Waals surface area contributed by atoms with Gasteiger partial charge in [-0.25, -0.2) is 4.98 Å². The molecule has 0 spiro atoms. The average molecular weight is 435 g/mol. The van der Waals surface area contributed by atoms with Crippen LogP contribution >= 0.6 is 0 Å². The van der Waals surface area contributed by atoms with Crippen molar-refractivity contribution in [3.8, 4) is 28.6 Å². The zero-order valence-corrected chi connectivity index (χ0v) is 17.3. The lowest BCUT2D eigenvalue weighted by molar-refractivity contribution is -0.126. The third-order valence-electron chi connectivity index (χ3n) is 5.47. The molecular weight excluding hydrogens is 414 g/mol. The lowest BCUT2D eigenvalue weighted by atomic mass is 10.1. The van der Waals surface area contributed by atoms with E-state index in [4.69, 9.17) is 14.2 Å². The van der Waals surface area contributed by atoms with E-state index in [1.807, 2.05) is 24.3 Å². The van der Waals surface area contributed by atoms with Gasteiger partial charge in [0.15, 0.2) is 17.3 Å². The lowest BCUT2D eigenvalue weighted by Gasteiger charge is -2.17. The van der Waals surface area contributed by atoms with E-state index in [0.29, 0.717) is 35.4 Å². The Kier molecular flexibility index (Phi) is 5.10. The number of aromatic amines is 1. The molecule has 2 aromatic carbocycles. The summed E-state index contributed by atoms with van der Waals surface area (Å²) in [7, 11) is 1.61. The number of aromatic nitrogens is 3. The number of nitrogens with one attached hydrogen (secondary N) is 2. The number of anilines is 1. The van der Waals surface area contributed by atoms with Crippen LogP contribution in [0.15, 0.2) is 42.5 Å². The van der Waals surface area contributed by atoms with Crippen LogP contribution in [0.1, 0.15) is 12.2 Å². The minimum Gasteiger partial charge on any atom is -0.497 e. The fourth-order valence-corrected chi connectivity index (χ4v) is 3.74. The minimum absolute atomic E-state index is 0.106. The Hall–Kier alpha value is -4.08. The monoisotopic (exact) mass is 435 g/mol. The molecule has 2 aliphatic heterocycles. The molecule has 0 aliphatic carbocycles. The Bertz CT molecular complexity index is 1160. The van der Waals surface area contributed by atoms with E-state index < -0.39 is 5.92 Å². The summed E-state index contributed by atoms with van der Waals surface area (Å²) < 4.78 is 15.8. The SMILES string of the molecule is COc1ccc(-c2n[nH]c(CNC(=O)C3CC(=O)N(c4ccc5c(c4)OCO5)C3)n2)cc1. The van der Waals surface area contributed by atoms with Gasteiger partial charge in [0, 0.05) is 30.3 Å². The third kappa shape index (κ3) is 3.82. The van der Waals surface area contributed by atoms with Crippen molar-refractivity contribution in [2.24, 2.45) is 5.92 Å². The van der Waals surface area contributed by atoms with E-state index in [1.54, 1.807) is 30.2 Å². The van der Waals surface area contributed by atoms with Crippen LogP contribution in [0, 0.1) is 5.92 Å². The second-order valence-electron chi connectivity index (χ2n) is 7.49. The smallest absolute Gasteiger partial charge is 0.231 e. The van der Waals surface area contributed by atoms with Gasteiger partial charge in [-0.3, -0.25) is 14.7 Å². The van der Waals surface area contributed by atoms with Crippen LogP contribution < -0.4 is 24.4 Å². The number of benzene rings is 2. The van der Waals surface area contributed by atoms with Crippen LogP contribution in [0.3, 0.4) is 0 Å². The van der Waals surface area contributed by atoms with E-state index >= 15 is 0 Å². The molecule has 164 valence electrons. The van der Waals surface area contributed by atoms with Gasteiger partial charge < -0.3 is 24.4 Å². The summed E-state index contributed by atoms with van der Waals surface area (Å²) in [5.41, 5.74) is 1.52. The van der Waals surface area contributed by atoms with E-state index in [0.717, 1.165) is 11.3 Å². The highest BCUT2D eigenvalue weighted by atomic mass is 16.7. The molecule has 0 bridgehead atoms. The first-order valence-corrected chi connectivity index (χ1v) is 10.1. The third-order valence-corrected chi connectivity index (χ3v) is 5.47. The van der Waals surface area contributed by atoms with Crippen molar-refractivity contribution in [1.29, 1.82) is 0 Å². The normalized spacial score (nSPS) is 17.0. The number of hydrogen-bond acceptors (Lipinski definition) is 7. The van der Waals surface area contributed by atoms with Crippen molar-refractivity contribution in [3.05, 3.63) is 48.3 Å². The molecule has 1 fully saturated rings. The highest BCUT2D eigenvalue weighted by molar-refractivity contribution is 6.00. The quantitative estimate of drug-likeness (QED) is 0.607. The predicted molar refractivity (Wildman–Crippen MR) is 113 cm³/mol. The first-order chi connectivity index (χ1) is 15.6. The van der Waals surface area contributed by atoms with Gasteiger partial charge in [-0.1, -0.05) is 0 Å². The van der Waals surface area contributed by atoms with Crippen molar-refractivity contribution < 1.29 is 23.8 Å². The summed E-state index contributed by atoms with van der Waals surface area (Å²) in [6.45, 7) is 0.661. The largest absolute Gasteiger partial charge is 0.497 e. The second kappa shape index (κ2) is 8.22. The van der Waals surface area contributed by atoms with Gasteiger partial charge in [0.05, 0.1) is 19.6 Å². The molecule has 2 aliphatic rings. The van der Waals surface area contributed by atoms with Crippen LogP contribution in [-0.4, -0.2) is 47.4 Å². The van der Waals surface area contributed by atoms with Gasteiger partial charge in [0.1, 0.15) is 11.6 Å². The van der Waals surface area contributed by atoms with E-state index in [2.05, 4.69) is 20.5 Å². The summed E-state index contributed by atoms with van der Waals surface area (Å²) in [5.74, 6) is 2.30. The molecular formula is C22H21N5O5. The number of carbonyl (C=O) groups is 2. The van der Waals surface area contributed by atoms with Gasteiger partial charge in [0.25, 0.3) is 0 Å². The number of carbonyl (C=O) groups excluding carboxylic acids is 2. The summed E-state index contributed by atoms with van der Waals surface area (Å²) in [5, 5.41) is 9.87. The molecule has 5 rings (SSSR count). The number of amides is 2. The molecule has 1 unspecified atom stereocenters. The Labute approximate surface area is 183 Å². The Morgan fingerprint density at radius 2 is 2.03 bits per heavy atom. The maximum atomic E-state index is 12.7. The van der Waals surface area contributed by atoms with E-state index in [9.17, 15) is 9.59 Å². The Balaban J connectivity index is 1.19. The summed E-state index contributed by atoms with van der Waals surface area (Å²) in [4.78, 5) is 31.2. The molecule has 10 nitrogen and oxygen atoms in total. The van der Waals surface area contributed by atoms with Gasteiger partial charge in [-0.2, -0.15) is 5.10 Å². The Morgan fingerprint density at radius 1 is 1.22 bits per heavy atom. The molecule has 2 amide bonds. The molecule has 3 aromatic rings. The standard InChI is InChI=1S/C22H21N5O5/c1-30-16-5-2-13(3-6-16)21-24-19(25-26-21)10-23-22(29)14-8-20(28)27(11-14)15-4-7-17-18(9-15)32-12-31-17/h2-7,9,14H,8,10-12H2,1H3,(H,23,29)(H,24,25,26). The molecule has 10 heteroatoms. The average Bonchev–Trinajstić information content (AvgIpc) is 3.56. The summed E-state index contributed by atoms with van der Waals surface area (Å²) >= 11 is 0. The maximum Gasteiger partial charge on any atom is 0.231 e. The molecule has 0 saturated carbocycles. The van der Waals surface area contributed by atoms with Crippen LogP contribution in [0.4, 0.5) is 5.69 Å². The van der Waals surface area contributed by atoms with Crippen molar-refractivity contribution >= 4 is 17.5 Å². The molecule has 1 atom stereocenters. The number of fused-ring (bicyclic) bond motifs is 1. The summed E-state index contributed by atoms with van der Waals surface area (Å²) in [6, 6.07) is 12.7. The molecule has 0 radical (unpaired) electrons. The van der Waals surface area contributed by atoms with Crippen LogP contribution in [0.5, 0.6) is 17.2 Å². The minimum atomic E-state index is -0.447. The highest BCUT2D eigenvalue weighted by Crippen LogP contribution is 2.37. The van der Waals surface area contributed by atoms with Gasteiger partial charge in [-0.05, 0) is 36.4 Å². The number of hydrogen-bond donors (Lipinski definition) is 2. The van der Waals surface area contributed by atoms with Crippen LogP contribution in [-0.2, 0) is 16.1 Å². The first-order valence-electron chi connectivity index (χ1n) is 10.1. The number of rotatable bonds is 6. The van der Waals surface area contributed by atoms with Gasteiger partial charge in [0.2, 0.25) is 18.6 Å². The topological polar surface area (TPSA) is 119 Å². The molecule has 32 heavy (non-hydrogen) atoms. The Morgan fingerprint density at radius 3 is 2.84 bits per heavy atom. The lowest BCUT2D eigenvalue weighted by Crippen LogP contribution is -2.32.